The molecule has 2 aliphatic carbocycles. The molecular weight excluding hydrogens is 564 g/mol. The summed E-state index contributed by atoms with van der Waals surface area (Å²) in [5.74, 6) is -2.62. The van der Waals surface area contributed by atoms with E-state index in [2.05, 4.69) is 16.0 Å². The van der Waals surface area contributed by atoms with Gasteiger partial charge in [0.1, 0.15) is 18.1 Å². The number of primary amides is 1. The van der Waals surface area contributed by atoms with Crippen molar-refractivity contribution in [3.63, 3.8) is 0 Å². The van der Waals surface area contributed by atoms with Gasteiger partial charge in [-0.1, -0.05) is 61.3 Å². The monoisotopic (exact) mass is 618 g/mol. The van der Waals surface area contributed by atoms with Gasteiger partial charge in [0.25, 0.3) is 5.91 Å². The van der Waals surface area contributed by atoms with Gasteiger partial charge in [-0.25, -0.2) is 4.79 Å². The van der Waals surface area contributed by atoms with Gasteiger partial charge in [-0.05, 0) is 60.7 Å². The summed E-state index contributed by atoms with van der Waals surface area (Å²) < 4.78 is 0. The van der Waals surface area contributed by atoms with Crippen molar-refractivity contribution < 1.29 is 28.8 Å². The first kappa shape index (κ1) is 35.3. The van der Waals surface area contributed by atoms with Crippen molar-refractivity contribution >= 4 is 35.4 Å². The molecule has 0 bridgehead atoms. The summed E-state index contributed by atoms with van der Waals surface area (Å²) >= 11 is 0. The number of hydrogen-bond acceptors (Lipinski definition) is 6. The average molecular weight is 619 g/mol. The number of likely N-dealkylation sites (N-methyl/N-ethyl adjacent to an activating group) is 1. The second kappa shape index (κ2) is 14.3. The fourth-order valence-corrected chi connectivity index (χ4v) is 6.10. The second-order valence-corrected chi connectivity index (χ2v) is 14.9. The Morgan fingerprint density at radius 3 is 1.95 bits per heavy atom. The van der Waals surface area contributed by atoms with Crippen LogP contribution in [0.1, 0.15) is 87.0 Å². The summed E-state index contributed by atoms with van der Waals surface area (Å²) in [4.78, 5) is 82.0. The van der Waals surface area contributed by atoms with E-state index >= 15 is 0 Å². The molecule has 0 spiro atoms. The highest BCUT2D eigenvalue weighted by molar-refractivity contribution is 6.37. The minimum Gasteiger partial charge on any atom is -0.363 e. The Labute approximate surface area is 262 Å². The molecular formula is C32H54N6O6. The lowest BCUT2D eigenvalue weighted by Gasteiger charge is -2.37. The number of likely N-dealkylation sites (tertiary alicyclic amines) is 1. The van der Waals surface area contributed by atoms with E-state index in [0.717, 1.165) is 25.7 Å². The molecule has 3 aliphatic rings. The minimum atomic E-state index is -1.10. The van der Waals surface area contributed by atoms with Crippen molar-refractivity contribution in [3.05, 3.63) is 0 Å². The Bertz CT molecular complexity index is 1110. The van der Waals surface area contributed by atoms with Crippen molar-refractivity contribution in [3.8, 4) is 0 Å². The Morgan fingerprint density at radius 1 is 0.886 bits per heavy atom. The van der Waals surface area contributed by atoms with Crippen molar-refractivity contribution in [1.29, 1.82) is 0 Å². The quantitative estimate of drug-likeness (QED) is 0.216. The molecule has 1 aliphatic heterocycles. The molecule has 44 heavy (non-hydrogen) atoms. The van der Waals surface area contributed by atoms with E-state index in [1.165, 1.54) is 4.90 Å². The largest absolute Gasteiger partial charge is 0.363 e. The number of carbonyl (C=O) groups is 6. The fourth-order valence-electron chi connectivity index (χ4n) is 6.10. The highest BCUT2D eigenvalue weighted by atomic mass is 16.2. The predicted octanol–water partition coefficient (Wildman–Crippen LogP) is 1.81. The van der Waals surface area contributed by atoms with Crippen LogP contribution in [0.5, 0.6) is 0 Å². The molecule has 3 rings (SSSR count). The van der Waals surface area contributed by atoms with E-state index < -0.39 is 59.1 Å². The van der Waals surface area contributed by atoms with Gasteiger partial charge >= 0.3 is 6.03 Å². The zero-order chi connectivity index (χ0) is 33.1. The van der Waals surface area contributed by atoms with Crippen molar-refractivity contribution in [1.82, 2.24) is 25.8 Å². The summed E-state index contributed by atoms with van der Waals surface area (Å²) in [6, 6.07) is -4.34. The van der Waals surface area contributed by atoms with Gasteiger partial charge < -0.3 is 31.5 Å². The van der Waals surface area contributed by atoms with Crippen LogP contribution in [0, 0.1) is 35.0 Å². The van der Waals surface area contributed by atoms with Crippen LogP contribution in [0.2, 0.25) is 0 Å². The Balaban J connectivity index is 1.79. The Hall–Kier alpha value is -3.18. The SMILES string of the molecule is CC(C)C1CCN(C(=O)[C@@H](NC(=O)N[C@H](C(=O)N(C)CC2CC2)C(C)C)C(C)(C)C)[C@@H]1C(=O)NC(CC1CC1)C(=O)C(N)=O. The number of nitrogens with one attached hydrogen (secondary N) is 3. The molecule has 0 aromatic carbocycles. The van der Waals surface area contributed by atoms with Gasteiger partial charge in [-0.2, -0.15) is 0 Å². The fraction of sp³-hybridized carbons (Fsp3) is 0.812. The highest BCUT2D eigenvalue weighted by Gasteiger charge is 2.48. The van der Waals surface area contributed by atoms with Crippen LogP contribution in [0.15, 0.2) is 0 Å². The Morgan fingerprint density at radius 2 is 1.48 bits per heavy atom. The molecule has 6 amide bonds. The number of Topliss-reactive ketones (excluding diaryl/α,β-unsaturated/α-hetero) is 1. The van der Waals surface area contributed by atoms with Gasteiger partial charge in [0, 0.05) is 20.1 Å². The molecule has 12 nitrogen and oxygen atoms in total. The van der Waals surface area contributed by atoms with Crippen LogP contribution in [-0.2, 0) is 24.0 Å². The molecule has 0 radical (unpaired) electrons. The molecule has 2 unspecified atom stereocenters. The Kier molecular flexibility index (Phi) is 11.5. The normalized spacial score (nSPS) is 22.3. The smallest absolute Gasteiger partial charge is 0.316 e. The van der Waals surface area contributed by atoms with Crippen LogP contribution in [0.4, 0.5) is 4.79 Å². The van der Waals surface area contributed by atoms with E-state index in [1.54, 1.807) is 11.9 Å². The van der Waals surface area contributed by atoms with Crippen molar-refractivity contribution in [2.75, 3.05) is 20.1 Å². The molecule has 1 heterocycles. The first-order chi connectivity index (χ1) is 20.4. The summed E-state index contributed by atoms with van der Waals surface area (Å²) in [5.41, 5.74) is 4.55. The molecule has 0 aromatic rings. The molecule has 2 saturated carbocycles. The maximum atomic E-state index is 14.2. The van der Waals surface area contributed by atoms with Gasteiger partial charge in [0.15, 0.2) is 0 Å². The molecule has 0 aromatic heterocycles. The number of urea groups is 1. The lowest BCUT2D eigenvalue weighted by Crippen LogP contribution is -2.62. The highest BCUT2D eigenvalue weighted by Crippen LogP contribution is 2.36. The molecule has 5 N–H and O–H groups in total. The third-order valence-corrected chi connectivity index (χ3v) is 9.21. The van der Waals surface area contributed by atoms with E-state index in [0.29, 0.717) is 31.8 Å². The molecule has 12 heteroatoms. The number of hydrogen-bond donors (Lipinski definition) is 4. The van der Waals surface area contributed by atoms with E-state index in [9.17, 15) is 28.8 Å². The van der Waals surface area contributed by atoms with Gasteiger partial charge in [-0.3, -0.25) is 24.0 Å². The minimum absolute atomic E-state index is 0.0482. The number of ketones is 1. The molecule has 5 atom stereocenters. The third kappa shape index (κ3) is 9.17. The summed E-state index contributed by atoms with van der Waals surface area (Å²) in [6.07, 6.45) is 4.94. The predicted molar refractivity (Wildman–Crippen MR) is 166 cm³/mol. The molecule has 1 saturated heterocycles. The van der Waals surface area contributed by atoms with Gasteiger partial charge in [-0.15, -0.1) is 0 Å². The summed E-state index contributed by atoms with van der Waals surface area (Å²) in [5, 5.41) is 8.37. The first-order valence-electron chi connectivity index (χ1n) is 16.2. The van der Waals surface area contributed by atoms with Crippen LogP contribution in [-0.4, -0.2) is 89.5 Å². The number of carbonyl (C=O) groups excluding carboxylic acids is 6. The second-order valence-electron chi connectivity index (χ2n) is 14.9. The zero-order valence-corrected chi connectivity index (χ0v) is 27.8. The van der Waals surface area contributed by atoms with E-state index in [1.807, 2.05) is 48.5 Å². The maximum Gasteiger partial charge on any atom is 0.316 e. The maximum absolute atomic E-state index is 14.2. The molecule has 248 valence electrons. The lowest BCUT2D eigenvalue weighted by molar-refractivity contribution is -0.144. The van der Waals surface area contributed by atoms with Gasteiger partial charge in [0.05, 0.1) is 6.04 Å². The topological polar surface area (TPSA) is 171 Å². The van der Waals surface area contributed by atoms with E-state index in [-0.39, 0.29) is 29.6 Å². The average Bonchev–Trinajstić information content (AvgIpc) is 3.86. The number of nitrogens with zero attached hydrogens (tertiary/aromatic N) is 2. The lowest BCUT2D eigenvalue weighted by atomic mass is 9.84. The van der Waals surface area contributed by atoms with Crippen molar-refractivity contribution in [2.45, 2.75) is 111 Å². The first-order valence-corrected chi connectivity index (χ1v) is 16.2. The van der Waals surface area contributed by atoms with Crippen LogP contribution in [0.3, 0.4) is 0 Å². The summed E-state index contributed by atoms with van der Waals surface area (Å²) in [6.45, 7) is 14.1. The third-order valence-electron chi connectivity index (χ3n) is 9.21. The van der Waals surface area contributed by atoms with Gasteiger partial charge in [0.2, 0.25) is 23.5 Å². The number of rotatable bonds is 14. The van der Waals surface area contributed by atoms with E-state index in [4.69, 9.17) is 5.73 Å². The zero-order valence-electron chi connectivity index (χ0n) is 27.8. The van der Waals surface area contributed by atoms with Crippen LogP contribution < -0.4 is 21.7 Å². The molecule has 3 fully saturated rings. The number of nitrogens with two attached hydrogens (primary N) is 1. The van der Waals surface area contributed by atoms with Crippen LogP contribution >= 0.6 is 0 Å². The number of amides is 6. The van der Waals surface area contributed by atoms with Crippen molar-refractivity contribution in [2.24, 2.45) is 40.7 Å². The summed E-state index contributed by atoms with van der Waals surface area (Å²) in [7, 11) is 1.74. The van der Waals surface area contributed by atoms with Crippen LogP contribution in [0.25, 0.3) is 0 Å². The standard InChI is InChI=1S/C32H54N6O6/c1-17(2)21-13-14-38(24(21)28(41)34-22(15-19-9-10-19)25(39)27(33)40)30(43)26(32(5,6)7)36-31(44)35-23(18(3)4)29(42)37(8)16-20-11-12-20/h17-24,26H,9-16H2,1-8H3,(H2,33,40)(H,34,41)(H2,35,36,44)/t21?,22?,23-,24-,26+/m0/s1.